The van der Waals surface area contributed by atoms with Gasteiger partial charge in [-0.3, -0.25) is 4.90 Å². The molecule has 5 nitrogen and oxygen atoms in total. The van der Waals surface area contributed by atoms with E-state index < -0.39 is 6.29 Å². The molecule has 6 rings (SSSR count). The highest BCUT2D eigenvalue weighted by molar-refractivity contribution is 7.15. The number of ether oxygens (including phenoxy) is 2. The molecule has 0 amide bonds. The third-order valence-corrected chi connectivity index (χ3v) is 7.14. The van der Waals surface area contributed by atoms with Crippen molar-refractivity contribution >= 4 is 22.4 Å². The first-order valence-corrected chi connectivity index (χ1v) is 11.5. The fourth-order valence-corrected chi connectivity index (χ4v) is 5.48. The van der Waals surface area contributed by atoms with Crippen LogP contribution >= 0.6 is 11.3 Å². The Labute approximate surface area is 187 Å². The fourth-order valence-electron chi connectivity index (χ4n) is 4.45. The van der Waals surface area contributed by atoms with Crippen molar-refractivity contribution in [2.75, 3.05) is 13.1 Å². The van der Waals surface area contributed by atoms with Crippen LogP contribution in [-0.4, -0.2) is 34.3 Å². The van der Waals surface area contributed by atoms with Gasteiger partial charge in [-0.1, -0.05) is 12.5 Å². The molecule has 1 aromatic carbocycles. The average Bonchev–Trinajstić information content (AvgIpc) is 3.49. The third kappa shape index (κ3) is 3.63. The highest BCUT2D eigenvalue weighted by Crippen LogP contribution is 2.44. The van der Waals surface area contributed by atoms with Gasteiger partial charge < -0.3 is 14.5 Å². The number of halogens is 2. The zero-order valence-electron chi connectivity index (χ0n) is 17.2. The second-order valence-corrected chi connectivity index (χ2v) is 9.42. The van der Waals surface area contributed by atoms with Gasteiger partial charge in [0.1, 0.15) is 5.65 Å². The molecule has 0 spiro atoms. The Hall–Kier alpha value is -2.97. The van der Waals surface area contributed by atoms with Crippen molar-refractivity contribution in [2.45, 2.75) is 32.1 Å². The van der Waals surface area contributed by atoms with Crippen molar-refractivity contribution in [1.82, 2.24) is 14.9 Å². The lowest BCUT2D eigenvalue weighted by molar-refractivity contribution is -0.286. The quantitative estimate of drug-likeness (QED) is 0.396. The van der Waals surface area contributed by atoms with E-state index in [1.54, 1.807) is 23.5 Å². The normalized spacial score (nSPS) is 17.8. The van der Waals surface area contributed by atoms with E-state index in [4.69, 9.17) is 0 Å². The Morgan fingerprint density at radius 3 is 2.72 bits per heavy atom. The molecule has 0 bridgehead atoms. The Bertz CT molecular complexity index is 1290. The molecule has 32 heavy (non-hydrogen) atoms. The van der Waals surface area contributed by atoms with Gasteiger partial charge in [0.2, 0.25) is 0 Å². The van der Waals surface area contributed by atoms with Crippen LogP contribution in [0, 0.1) is 0 Å². The lowest BCUT2D eigenvalue weighted by atomic mass is 10.0. The second kappa shape index (κ2) is 7.56. The number of benzene rings is 1. The average molecular weight is 454 g/mol. The maximum absolute atomic E-state index is 13.4. The van der Waals surface area contributed by atoms with Crippen LogP contribution < -0.4 is 9.47 Å². The Morgan fingerprint density at radius 1 is 1.00 bits per heavy atom. The fraction of sp³-hybridized carbons (Fsp3) is 0.292. The molecule has 2 aliphatic heterocycles. The molecule has 8 heteroatoms. The predicted molar refractivity (Wildman–Crippen MR) is 120 cm³/mol. The van der Waals surface area contributed by atoms with Crippen LogP contribution in [0.15, 0.2) is 48.8 Å². The van der Waals surface area contributed by atoms with Crippen LogP contribution in [-0.2, 0) is 6.54 Å². The number of H-pyrrole nitrogens is 1. The Kier molecular flexibility index (Phi) is 4.66. The van der Waals surface area contributed by atoms with Gasteiger partial charge in [-0.2, -0.15) is 0 Å². The summed E-state index contributed by atoms with van der Waals surface area (Å²) in [6.45, 7) is 3.35. The number of thiophene rings is 1. The number of piperidine rings is 1. The Balaban J connectivity index is 1.31. The molecule has 0 saturated carbocycles. The van der Waals surface area contributed by atoms with Crippen molar-refractivity contribution in [3.05, 3.63) is 53.7 Å². The van der Waals surface area contributed by atoms with Crippen LogP contribution in [0.2, 0.25) is 0 Å². The van der Waals surface area contributed by atoms with Gasteiger partial charge in [-0.25, -0.2) is 4.98 Å². The summed E-state index contributed by atoms with van der Waals surface area (Å²) in [5.41, 5.74) is 3.42. The first-order valence-electron chi connectivity index (χ1n) is 10.7. The van der Waals surface area contributed by atoms with Crippen LogP contribution in [0.3, 0.4) is 0 Å². The first-order chi connectivity index (χ1) is 15.5. The van der Waals surface area contributed by atoms with Gasteiger partial charge in [0.25, 0.3) is 0 Å². The highest BCUT2D eigenvalue weighted by Gasteiger charge is 2.43. The van der Waals surface area contributed by atoms with Crippen molar-refractivity contribution in [2.24, 2.45) is 0 Å². The number of rotatable bonds is 4. The molecule has 1 fully saturated rings. The van der Waals surface area contributed by atoms with E-state index in [0.29, 0.717) is 0 Å². The molecule has 5 heterocycles. The van der Waals surface area contributed by atoms with Gasteiger partial charge in [0.05, 0.1) is 0 Å². The summed E-state index contributed by atoms with van der Waals surface area (Å²) in [6, 6.07) is 11.3. The molecule has 2 aliphatic rings. The van der Waals surface area contributed by atoms with Crippen LogP contribution in [0.4, 0.5) is 8.78 Å². The van der Waals surface area contributed by atoms with Crippen molar-refractivity contribution in [3.63, 3.8) is 0 Å². The minimum absolute atomic E-state index is 0.0339. The summed E-state index contributed by atoms with van der Waals surface area (Å²) in [5, 5.41) is 0.930. The van der Waals surface area contributed by atoms with Crippen molar-refractivity contribution < 1.29 is 18.3 Å². The molecule has 3 aromatic heterocycles. The number of hydrogen-bond donors (Lipinski definition) is 1. The molecule has 164 valence electrons. The number of nitrogens with zero attached hydrogens (tertiary/aromatic N) is 2. The van der Waals surface area contributed by atoms with Gasteiger partial charge in [-0.05, 0) is 61.8 Å². The zero-order valence-corrected chi connectivity index (χ0v) is 18.1. The minimum Gasteiger partial charge on any atom is -0.395 e. The van der Waals surface area contributed by atoms with Gasteiger partial charge in [0.15, 0.2) is 11.5 Å². The lowest BCUT2D eigenvalue weighted by Crippen LogP contribution is -2.28. The van der Waals surface area contributed by atoms with Gasteiger partial charge in [0, 0.05) is 45.2 Å². The second-order valence-electron chi connectivity index (χ2n) is 8.25. The lowest BCUT2D eigenvalue weighted by Gasteiger charge is -2.25. The molecule has 1 saturated heterocycles. The smallest absolute Gasteiger partial charge is 0.395 e. The minimum atomic E-state index is -3.62. The molecule has 0 unspecified atom stereocenters. The maximum atomic E-state index is 13.4. The van der Waals surface area contributed by atoms with Crippen LogP contribution in [0.25, 0.3) is 32.6 Å². The summed E-state index contributed by atoms with van der Waals surface area (Å²) in [5.74, 6) is 0.0730. The number of hydrogen-bond acceptors (Lipinski definition) is 5. The van der Waals surface area contributed by atoms with Gasteiger partial charge in [-0.15, -0.1) is 20.1 Å². The summed E-state index contributed by atoms with van der Waals surface area (Å²) in [4.78, 5) is 12.8. The number of pyridine rings is 1. The van der Waals surface area contributed by atoms with E-state index in [-0.39, 0.29) is 11.5 Å². The number of likely N-dealkylation sites (tertiary alicyclic amines) is 1. The highest BCUT2D eigenvalue weighted by atomic mass is 32.1. The Morgan fingerprint density at radius 2 is 1.84 bits per heavy atom. The van der Waals surface area contributed by atoms with E-state index in [1.807, 2.05) is 12.4 Å². The van der Waals surface area contributed by atoms with E-state index >= 15 is 0 Å². The molecule has 4 aromatic rings. The molecule has 0 aliphatic carbocycles. The summed E-state index contributed by atoms with van der Waals surface area (Å²) in [7, 11) is 0. The summed E-state index contributed by atoms with van der Waals surface area (Å²) >= 11 is 1.80. The molecule has 0 atom stereocenters. The van der Waals surface area contributed by atoms with Crippen LogP contribution in [0.5, 0.6) is 11.5 Å². The molecular weight excluding hydrogens is 432 g/mol. The zero-order chi connectivity index (χ0) is 21.7. The topological polar surface area (TPSA) is 50.4 Å². The third-order valence-electron chi connectivity index (χ3n) is 6.02. The van der Waals surface area contributed by atoms with Crippen molar-refractivity contribution in [3.8, 4) is 33.1 Å². The number of nitrogens with one attached hydrogen (secondary N) is 1. The summed E-state index contributed by atoms with van der Waals surface area (Å²) < 4.78 is 35.9. The monoisotopic (exact) mass is 453 g/mol. The first kappa shape index (κ1) is 19.7. The predicted octanol–water partition coefficient (Wildman–Crippen LogP) is 6.27. The molecule has 1 N–H and O–H groups in total. The maximum Gasteiger partial charge on any atom is 0.586 e. The SMILES string of the molecule is FC1(F)Oc2ccc(-c3c[nH]c4ncc(-c5ccc(CN6CCCCC6)s5)cc34)cc2O1. The summed E-state index contributed by atoms with van der Waals surface area (Å²) in [6.07, 6.45) is 4.00. The van der Waals surface area contributed by atoms with E-state index in [1.165, 1.54) is 48.2 Å². The largest absolute Gasteiger partial charge is 0.586 e. The van der Waals surface area contributed by atoms with Crippen molar-refractivity contribution in [1.29, 1.82) is 0 Å². The van der Waals surface area contributed by atoms with Crippen LogP contribution in [0.1, 0.15) is 24.1 Å². The number of fused-ring (bicyclic) bond motifs is 2. The number of aromatic nitrogens is 2. The van der Waals surface area contributed by atoms with E-state index in [0.717, 1.165) is 34.3 Å². The van der Waals surface area contributed by atoms with E-state index in [9.17, 15) is 8.78 Å². The standard InChI is InChI=1S/C24H21F2N3O2S/c25-24(26)30-20-6-4-15(11-21(20)31-24)19-13-28-23-18(19)10-16(12-27-23)22-7-5-17(32-22)14-29-8-2-1-3-9-29/h4-7,10-13H,1-3,8-9,14H2,(H,27,28). The number of aromatic amines is 1. The number of alkyl halides is 2. The van der Waals surface area contributed by atoms with Gasteiger partial charge >= 0.3 is 6.29 Å². The van der Waals surface area contributed by atoms with E-state index in [2.05, 4.69) is 42.5 Å². The molecular formula is C24H21F2N3O2S. The molecule has 0 radical (unpaired) electrons.